The second-order valence-electron chi connectivity index (χ2n) is 4.71. The molecular formula is C16H17NO3S. The smallest absolute Gasteiger partial charge is 0.323 e. The molecule has 0 aliphatic carbocycles. The van der Waals surface area contributed by atoms with E-state index in [1.54, 1.807) is 11.3 Å². The second kappa shape index (κ2) is 7.59. The standard InChI is InChI=1S/C16H17NO3S/c18-15(9-8-14-7-4-10-21-14)17(12-16(19)20)11-13-5-2-1-3-6-13/h1-7,10H,8-9,11-12H2,(H,19,20). The summed E-state index contributed by atoms with van der Waals surface area (Å²) in [6.07, 6.45) is 0.988. The molecule has 4 nitrogen and oxygen atoms in total. The number of thiophene rings is 1. The van der Waals surface area contributed by atoms with Crippen LogP contribution in [0.25, 0.3) is 0 Å². The zero-order valence-corrected chi connectivity index (χ0v) is 12.4. The van der Waals surface area contributed by atoms with E-state index in [1.165, 1.54) is 4.90 Å². The third kappa shape index (κ3) is 5.04. The minimum Gasteiger partial charge on any atom is -0.480 e. The van der Waals surface area contributed by atoms with Gasteiger partial charge in [0.05, 0.1) is 0 Å². The van der Waals surface area contributed by atoms with Crippen molar-refractivity contribution in [1.29, 1.82) is 0 Å². The lowest BCUT2D eigenvalue weighted by Gasteiger charge is -2.20. The van der Waals surface area contributed by atoms with E-state index in [9.17, 15) is 9.59 Å². The van der Waals surface area contributed by atoms with Crippen molar-refractivity contribution in [3.05, 3.63) is 58.3 Å². The van der Waals surface area contributed by atoms with E-state index in [4.69, 9.17) is 5.11 Å². The van der Waals surface area contributed by atoms with Crippen molar-refractivity contribution < 1.29 is 14.7 Å². The van der Waals surface area contributed by atoms with Gasteiger partial charge in [0.15, 0.2) is 0 Å². The third-order valence-corrected chi connectivity index (χ3v) is 4.00. The number of amides is 1. The van der Waals surface area contributed by atoms with E-state index in [-0.39, 0.29) is 12.5 Å². The zero-order chi connectivity index (χ0) is 15.1. The van der Waals surface area contributed by atoms with Crippen molar-refractivity contribution >= 4 is 23.2 Å². The van der Waals surface area contributed by atoms with Crippen molar-refractivity contribution in [3.63, 3.8) is 0 Å². The highest BCUT2D eigenvalue weighted by atomic mass is 32.1. The van der Waals surface area contributed by atoms with E-state index in [0.29, 0.717) is 19.4 Å². The Morgan fingerprint density at radius 2 is 1.86 bits per heavy atom. The van der Waals surface area contributed by atoms with E-state index >= 15 is 0 Å². The molecule has 0 aliphatic heterocycles. The third-order valence-electron chi connectivity index (χ3n) is 3.06. The van der Waals surface area contributed by atoms with Crippen molar-refractivity contribution in [2.45, 2.75) is 19.4 Å². The van der Waals surface area contributed by atoms with Gasteiger partial charge < -0.3 is 10.0 Å². The molecule has 1 N–H and O–H groups in total. The lowest BCUT2D eigenvalue weighted by atomic mass is 10.2. The summed E-state index contributed by atoms with van der Waals surface area (Å²) in [5, 5.41) is 10.9. The molecule has 0 radical (unpaired) electrons. The molecule has 0 aliphatic rings. The summed E-state index contributed by atoms with van der Waals surface area (Å²) >= 11 is 1.61. The van der Waals surface area contributed by atoms with Crippen molar-refractivity contribution in [1.82, 2.24) is 4.90 Å². The molecule has 1 heterocycles. The minimum atomic E-state index is -0.990. The molecule has 0 bridgehead atoms. The molecule has 1 aromatic heterocycles. The van der Waals surface area contributed by atoms with Gasteiger partial charge in [-0.2, -0.15) is 0 Å². The minimum absolute atomic E-state index is 0.130. The number of aliphatic carboxylic acids is 1. The predicted octanol–water partition coefficient (Wildman–Crippen LogP) is 2.79. The quantitative estimate of drug-likeness (QED) is 0.855. The molecule has 1 aromatic carbocycles. The van der Waals surface area contributed by atoms with Gasteiger partial charge in [-0.05, 0) is 23.4 Å². The maximum Gasteiger partial charge on any atom is 0.323 e. The fourth-order valence-corrected chi connectivity index (χ4v) is 2.75. The molecule has 0 saturated heterocycles. The number of aryl methyl sites for hydroxylation is 1. The fraction of sp³-hybridized carbons (Fsp3) is 0.250. The lowest BCUT2D eigenvalue weighted by Crippen LogP contribution is -2.35. The number of carbonyl (C=O) groups is 2. The van der Waals surface area contributed by atoms with Gasteiger partial charge in [-0.25, -0.2) is 0 Å². The highest BCUT2D eigenvalue weighted by molar-refractivity contribution is 7.09. The Morgan fingerprint density at radius 3 is 2.48 bits per heavy atom. The molecule has 2 aromatic rings. The number of benzene rings is 1. The summed E-state index contributed by atoms with van der Waals surface area (Å²) in [6.45, 7) is 0.0641. The van der Waals surface area contributed by atoms with E-state index in [0.717, 1.165) is 10.4 Å². The topological polar surface area (TPSA) is 57.6 Å². The van der Waals surface area contributed by atoms with Crippen LogP contribution in [-0.4, -0.2) is 28.4 Å². The molecule has 110 valence electrons. The monoisotopic (exact) mass is 303 g/mol. The van der Waals surface area contributed by atoms with Gasteiger partial charge in [0, 0.05) is 17.8 Å². The zero-order valence-electron chi connectivity index (χ0n) is 11.6. The molecule has 0 saturated carbocycles. The molecule has 0 unspecified atom stereocenters. The number of carboxylic acid groups (broad SMARTS) is 1. The summed E-state index contributed by atoms with van der Waals surface area (Å²) in [4.78, 5) is 25.7. The van der Waals surface area contributed by atoms with Crippen molar-refractivity contribution in [2.24, 2.45) is 0 Å². The van der Waals surface area contributed by atoms with Gasteiger partial charge in [-0.15, -0.1) is 11.3 Å². The summed E-state index contributed by atoms with van der Waals surface area (Å²) in [7, 11) is 0. The predicted molar refractivity (Wildman–Crippen MR) is 82.1 cm³/mol. The van der Waals surface area contributed by atoms with Crippen LogP contribution < -0.4 is 0 Å². The van der Waals surface area contributed by atoms with Crippen molar-refractivity contribution in [2.75, 3.05) is 6.54 Å². The first kappa shape index (κ1) is 15.3. The molecule has 21 heavy (non-hydrogen) atoms. The lowest BCUT2D eigenvalue weighted by molar-refractivity contribution is -0.144. The van der Waals surface area contributed by atoms with Crippen LogP contribution >= 0.6 is 11.3 Å². The number of nitrogens with zero attached hydrogens (tertiary/aromatic N) is 1. The largest absolute Gasteiger partial charge is 0.480 e. The van der Waals surface area contributed by atoms with Crippen LogP contribution in [-0.2, 0) is 22.6 Å². The Kier molecular flexibility index (Phi) is 5.51. The van der Waals surface area contributed by atoms with Crippen LogP contribution in [0.3, 0.4) is 0 Å². The first-order chi connectivity index (χ1) is 10.1. The Balaban J connectivity index is 1.97. The number of carbonyl (C=O) groups excluding carboxylic acids is 1. The average molecular weight is 303 g/mol. The van der Waals surface area contributed by atoms with Crippen LogP contribution in [0.4, 0.5) is 0 Å². The number of rotatable bonds is 7. The molecular weight excluding hydrogens is 286 g/mol. The Bertz CT molecular complexity index is 581. The average Bonchev–Trinajstić information content (AvgIpc) is 2.98. The van der Waals surface area contributed by atoms with Gasteiger partial charge >= 0.3 is 5.97 Å². The van der Waals surface area contributed by atoms with Gasteiger partial charge in [0.2, 0.25) is 5.91 Å². The van der Waals surface area contributed by atoms with Crippen molar-refractivity contribution in [3.8, 4) is 0 Å². The Morgan fingerprint density at radius 1 is 1.10 bits per heavy atom. The van der Waals surface area contributed by atoms with Crippen LogP contribution in [0, 0.1) is 0 Å². The van der Waals surface area contributed by atoms with Crippen LogP contribution in [0.5, 0.6) is 0 Å². The molecule has 2 rings (SSSR count). The maximum absolute atomic E-state index is 12.2. The first-order valence-electron chi connectivity index (χ1n) is 6.71. The molecule has 0 atom stereocenters. The van der Waals surface area contributed by atoms with Gasteiger partial charge in [-0.3, -0.25) is 9.59 Å². The molecule has 0 spiro atoms. The van der Waals surface area contributed by atoms with E-state index in [2.05, 4.69) is 0 Å². The normalized spacial score (nSPS) is 10.3. The van der Waals surface area contributed by atoms with Gasteiger partial charge in [-0.1, -0.05) is 36.4 Å². The Hall–Kier alpha value is -2.14. The van der Waals surface area contributed by atoms with Crippen LogP contribution in [0.1, 0.15) is 16.9 Å². The summed E-state index contributed by atoms with van der Waals surface area (Å²) in [5.74, 6) is -1.12. The number of hydrogen-bond donors (Lipinski definition) is 1. The number of hydrogen-bond acceptors (Lipinski definition) is 3. The summed E-state index contributed by atoms with van der Waals surface area (Å²) < 4.78 is 0. The summed E-state index contributed by atoms with van der Waals surface area (Å²) in [6, 6.07) is 13.4. The van der Waals surface area contributed by atoms with E-state index < -0.39 is 5.97 Å². The SMILES string of the molecule is O=C(O)CN(Cc1ccccc1)C(=O)CCc1cccs1. The maximum atomic E-state index is 12.2. The number of carboxylic acids is 1. The fourth-order valence-electron chi connectivity index (χ4n) is 2.04. The Labute approximate surface area is 127 Å². The summed E-state index contributed by atoms with van der Waals surface area (Å²) in [5.41, 5.74) is 0.934. The molecule has 0 fully saturated rings. The highest BCUT2D eigenvalue weighted by Gasteiger charge is 2.17. The first-order valence-corrected chi connectivity index (χ1v) is 7.59. The molecule has 1 amide bonds. The second-order valence-corrected chi connectivity index (χ2v) is 5.74. The highest BCUT2D eigenvalue weighted by Crippen LogP contribution is 2.13. The van der Waals surface area contributed by atoms with Gasteiger partial charge in [0.1, 0.15) is 6.54 Å². The van der Waals surface area contributed by atoms with Crippen LogP contribution in [0.2, 0.25) is 0 Å². The van der Waals surface area contributed by atoms with Gasteiger partial charge in [0.25, 0.3) is 0 Å². The molecule has 5 heteroatoms. The van der Waals surface area contributed by atoms with Crippen LogP contribution in [0.15, 0.2) is 47.8 Å². The van der Waals surface area contributed by atoms with E-state index in [1.807, 2.05) is 47.8 Å².